The van der Waals surface area contributed by atoms with Crippen LogP contribution in [0.3, 0.4) is 0 Å². The van der Waals surface area contributed by atoms with E-state index in [-0.39, 0.29) is 11.3 Å². The molecule has 1 aromatic carbocycles. The lowest BCUT2D eigenvalue weighted by molar-refractivity contribution is -0.121. The molecule has 0 unspecified atom stereocenters. The van der Waals surface area contributed by atoms with Crippen LogP contribution >= 0.6 is 0 Å². The Morgan fingerprint density at radius 2 is 1.81 bits per heavy atom. The third-order valence-corrected chi connectivity index (χ3v) is 4.53. The van der Waals surface area contributed by atoms with E-state index in [4.69, 9.17) is 5.73 Å². The zero-order valence-electron chi connectivity index (χ0n) is 13.2. The molecular weight excluding hydrogens is 262 g/mol. The van der Waals surface area contributed by atoms with Crippen LogP contribution in [-0.4, -0.2) is 37.5 Å². The number of nitrogens with one attached hydrogen (secondary N) is 1. The first-order valence-electron chi connectivity index (χ1n) is 7.74. The van der Waals surface area contributed by atoms with Crippen molar-refractivity contribution in [1.29, 1.82) is 0 Å². The van der Waals surface area contributed by atoms with Crippen LogP contribution in [0.15, 0.2) is 24.3 Å². The molecule has 4 heteroatoms. The largest absolute Gasteiger partial charge is 0.355 e. The lowest BCUT2D eigenvalue weighted by atomic mass is 9.80. The molecule has 0 spiro atoms. The highest BCUT2D eigenvalue weighted by atomic mass is 16.1. The maximum atomic E-state index is 12.1. The van der Waals surface area contributed by atoms with Gasteiger partial charge in [0.25, 0.3) is 0 Å². The minimum absolute atomic E-state index is 0.107. The first-order valence-corrected chi connectivity index (χ1v) is 7.74. The molecular formula is C17H27N3O. The SMILES string of the molecule is CN1CCC(C)(CNC(=O)Cc2ccc(CN)cc2)CC1. The van der Waals surface area contributed by atoms with Gasteiger partial charge in [-0.3, -0.25) is 4.79 Å². The second-order valence-electron chi connectivity index (χ2n) is 6.59. The number of nitrogens with two attached hydrogens (primary N) is 1. The summed E-state index contributed by atoms with van der Waals surface area (Å²) in [5.41, 5.74) is 7.95. The summed E-state index contributed by atoms with van der Waals surface area (Å²) in [6, 6.07) is 7.94. The number of piperidine rings is 1. The molecule has 0 atom stereocenters. The monoisotopic (exact) mass is 289 g/mol. The Hall–Kier alpha value is -1.39. The Balaban J connectivity index is 1.79. The Morgan fingerprint density at radius 1 is 1.24 bits per heavy atom. The smallest absolute Gasteiger partial charge is 0.224 e. The second kappa shape index (κ2) is 7.05. The van der Waals surface area contributed by atoms with Crippen molar-refractivity contribution < 1.29 is 4.79 Å². The van der Waals surface area contributed by atoms with Crippen LogP contribution in [-0.2, 0) is 17.8 Å². The van der Waals surface area contributed by atoms with Crippen molar-refractivity contribution in [2.75, 3.05) is 26.7 Å². The Labute approximate surface area is 127 Å². The minimum atomic E-state index is 0.107. The van der Waals surface area contributed by atoms with Crippen molar-refractivity contribution in [3.8, 4) is 0 Å². The highest BCUT2D eigenvalue weighted by Crippen LogP contribution is 2.29. The second-order valence-corrected chi connectivity index (χ2v) is 6.59. The summed E-state index contributed by atoms with van der Waals surface area (Å²) < 4.78 is 0. The van der Waals surface area contributed by atoms with Crippen LogP contribution in [0.1, 0.15) is 30.9 Å². The molecule has 0 aliphatic carbocycles. The third kappa shape index (κ3) is 4.83. The van der Waals surface area contributed by atoms with E-state index >= 15 is 0 Å². The Kier molecular flexibility index (Phi) is 5.37. The number of benzene rings is 1. The molecule has 0 saturated carbocycles. The van der Waals surface area contributed by atoms with Crippen molar-refractivity contribution in [3.05, 3.63) is 35.4 Å². The number of likely N-dealkylation sites (tertiary alicyclic amines) is 1. The first-order chi connectivity index (χ1) is 10.0. The van der Waals surface area contributed by atoms with E-state index in [9.17, 15) is 4.79 Å². The first kappa shape index (κ1) is 16.0. The van der Waals surface area contributed by atoms with Crippen LogP contribution < -0.4 is 11.1 Å². The molecule has 0 bridgehead atoms. The van der Waals surface area contributed by atoms with Crippen LogP contribution in [0.25, 0.3) is 0 Å². The predicted molar refractivity (Wildman–Crippen MR) is 85.9 cm³/mol. The molecule has 1 aliphatic rings. The van der Waals surface area contributed by atoms with Gasteiger partial charge in [-0.1, -0.05) is 31.2 Å². The summed E-state index contributed by atoms with van der Waals surface area (Å²) in [6.07, 6.45) is 2.74. The van der Waals surface area contributed by atoms with Gasteiger partial charge in [0.15, 0.2) is 0 Å². The molecule has 0 radical (unpaired) electrons. The lowest BCUT2D eigenvalue weighted by Crippen LogP contribution is -2.43. The van der Waals surface area contributed by atoms with Gasteiger partial charge in [-0.25, -0.2) is 0 Å². The number of amides is 1. The standard InChI is InChI=1S/C17H27N3O/c1-17(7-9-20(2)10-8-17)13-19-16(21)11-14-3-5-15(12-18)6-4-14/h3-6H,7-13,18H2,1-2H3,(H,19,21). The van der Waals surface area contributed by atoms with Crippen LogP contribution in [0.4, 0.5) is 0 Å². The Morgan fingerprint density at radius 3 is 2.38 bits per heavy atom. The molecule has 0 aromatic heterocycles. The van der Waals surface area contributed by atoms with E-state index < -0.39 is 0 Å². The van der Waals surface area contributed by atoms with Gasteiger partial charge in [-0.2, -0.15) is 0 Å². The van der Waals surface area contributed by atoms with Crippen molar-refractivity contribution in [3.63, 3.8) is 0 Å². The van der Waals surface area contributed by atoms with Gasteiger partial charge in [-0.05, 0) is 49.5 Å². The Bertz CT molecular complexity index is 461. The van der Waals surface area contributed by atoms with E-state index in [0.717, 1.165) is 43.6 Å². The fourth-order valence-electron chi connectivity index (χ4n) is 2.69. The van der Waals surface area contributed by atoms with Crippen molar-refractivity contribution in [1.82, 2.24) is 10.2 Å². The number of nitrogens with zero attached hydrogens (tertiary/aromatic N) is 1. The quantitative estimate of drug-likeness (QED) is 0.864. The maximum Gasteiger partial charge on any atom is 0.224 e. The van der Waals surface area contributed by atoms with Crippen molar-refractivity contribution in [2.45, 2.75) is 32.7 Å². The number of carbonyl (C=O) groups excluding carboxylic acids is 1. The van der Waals surface area contributed by atoms with E-state index in [1.54, 1.807) is 0 Å². The number of rotatable bonds is 5. The summed E-state index contributed by atoms with van der Waals surface area (Å²) >= 11 is 0. The van der Waals surface area contributed by atoms with E-state index in [1.165, 1.54) is 0 Å². The fourth-order valence-corrected chi connectivity index (χ4v) is 2.69. The zero-order chi connectivity index (χ0) is 15.3. The van der Waals surface area contributed by atoms with Gasteiger partial charge in [0.05, 0.1) is 6.42 Å². The van der Waals surface area contributed by atoms with Gasteiger partial charge in [0.1, 0.15) is 0 Å². The molecule has 1 heterocycles. The topological polar surface area (TPSA) is 58.4 Å². The number of carbonyl (C=O) groups is 1. The zero-order valence-corrected chi connectivity index (χ0v) is 13.2. The average molecular weight is 289 g/mol. The molecule has 21 heavy (non-hydrogen) atoms. The van der Waals surface area contributed by atoms with E-state index in [0.29, 0.717) is 13.0 Å². The van der Waals surface area contributed by atoms with E-state index in [1.807, 2.05) is 24.3 Å². The maximum absolute atomic E-state index is 12.1. The highest BCUT2D eigenvalue weighted by molar-refractivity contribution is 5.78. The van der Waals surface area contributed by atoms with Gasteiger partial charge < -0.3 is 16.0 Å². The van der Waals surface area contributed by atoms with Gasteiger partial charge >= 0.3 is 0 Å². The molecule has 1 aromatic rings. The van der Waals surface area contributed by atoms with E-state index in [2.05, 4.69) is 24.2 Å². The summed E-state index contributed by atoms with van der Waals surface area (Å²) in [5.74, 6) is 0.107. The van der Waals surface area contributed by atoms with Gasteiger partial charge in [0.2, 0.25) is 5.91 Å². The van der Waals surface area contributed by atoms with Crippen molar-refractivity contribution in [2.24, 2.45) is 11.1 Å². The highest BCUT2D eigenvalue weighted by Gasteiger charge is 2.29. The normalized spacial score (nSPS) is 18.4. The number of hydrogen-bond acceptors (Lipinski definition) is 3. The van der Waals surface area contributed by atoms with Crippen LogP contribution in [0, 0.1) is 5.41 Å². The van der Waals surface area contributed by atoms with Gasteiger partial charge in [0, 0.05) is 13.1 Å². The molecule has 3 N–H and O–H groups in total. The third-order valence-electron chi connectivity index (χ3n) is 4.53. The summed E-state index contributed by atoms with van der Waals surface area (Å²) in [5, 5.41) is 3.10. The van der Waals surface area contributed by atoms with Gasteiger partial charge in [-0.15, -0.1) is 0 Å². The molecule has 1 amide bonds. The predicted octanol–water partition coefficient (Wildman–Crippen LogP) is 1.54. The lowest BCUT2D eigenvalue weighted by Gasteiger charge is -2.37. The number of hydrogen-bond donors (Lipinski definition) is 2. The molecule has 1 saturated heterocycles. The fraction of sp³-hybridized carbons (Fsp3) is 0.588. The van der Waals surface area contributed by atoms with Crippen LogP contribution in [0.5, 0.6) is 0 Å². The molecule has 1 aliphatic heterocycles. The van der Waals surface area contributed by atoms with Crippen molar-refractivity contribution >= 4 is 5.91 Å². The summed E-state index contributed by atoms with van der Waals surface area (Å²) in [4.78, 5) is 14.4. The molecule has 2 rings (SSSR count). The summed E-state index contributed by atoms with van der Waals surface area (Å²) in [7, 11) is 2.16. The van der Waals surface area contributed by atoms with Crippen LogP contribution in [0.2, 0.25) is 0 Å². The molecule has 1 fully saturated rings. The summed E-state index contributed by atoms with van der Waals surface area (Å²) in [6.45, 7) is 5.83. The molecule has 116 valence electrons. The minimum Gasteiger partial charge on any atom is -0.355 e. The average Bonchev–Trinajstić information content (AvgIpc) is 2.50. The molecule has 4 nitrogen and oxygen atoms in total.